The number of amides is 1. The third-order valence-electron chi connectivity index (χ3n) is 5.92. The number of aromatic amines is 1. The lowest BCUT2D eigenvalue weighted by molar-refractivity contribution is -0.120. The van der Waals surface area contributed by atoms with Crippen LogP contribution in [0.1, 0.15) is 5.56 Å². The first-order valence-corrected chi connectivity index (χ1v) is 11.3. The second-order valence-electron chi connectivity index (χ2n) is 8.21. The molecule has 1 amide bonds. The Balaban J connectivity index is 1.81. The number of carbonyl (C=O) groups excluding carboxylic acids is 1. The molecule has 1 aromatic heterocycles. The summed E-state index contributed by atoms with van der Waals surface area (Å²) in [6.07, 6.45) is 0. The van der Waals surface area contributed by atoms with Crippen LogP contribution in [0.4, 0.5) is 11.5 Å². The molecule has 3 N–H and O–H groups in total. The van der Waals surface area contributed by atoms with Crippen LogP contribution in [0, 0.1) is 0 Å². The van der Waals surface area contributed by atoms with E-state index < -0.39 is 11.2 Å². The number of hydrogen-bond acceptors (Lipinski definition) is 8. The lowest BCUT2D eigenvalue weighted by Crippen LogP contribution is -2.52. The molecule has 0 spiro atoms. The summed E-state index contributed by atoms with van der Waals surface area (Å²) in [4.78, 5) is 46.6. The van der Waals surface area contributed by atoms with Gasteiger partial charge in [0.1, 0.15) is 5.82 Å². The highest BCUT2D eigenvalue weighted by Crippen LogP contribution is 2.18. The molecular weight excluding hydrogens is 440 g/mol. The summed E-state index contributed by atoms with van der Waals surface area (Å²) in [5.74, 6) is -0.323. The highest BCUT2D eigenvalue weighted by molar-refractivity contribution is 5.96. The first kappa shape index (κ1) is 25.6. The minimum Gasteiger partial charge on any atom is -0.383 e. The maximum absolute atomic E-state index is 13.3. The number of nitrogens with one attached hydrogen (secondary N) is 1. The van der Waals surface area contributed by atoms with Crippen molar-refractivity contribution in [1.82, 2.24) is 19.4 Å². The van der Waals surface area contributed by atoms with Crippen LogP contribution in [0.5, 0.6) is 0 Å². The molecule has 0 atom stereocenters. The molecule has 34 heavy (non-hydrogen) atoms. The predicted molar refractivity (Wildman–Crippen MR) is 130 cm³/mol. The maximum Gasteiger partial charge on any atom is 0.330 e. The van der Waals surface area contributed by atoms with Gasteiger partial charge in [-0.2, -0.15) is 0 Å². The molecule has 1 saturated heterocycles. The zero-order valence-corrected chi connectivity index (χ0v) is 19.9. The Morgan fingerprint density at radius 3 is 2.32 bits per heavy atom. The molecule has 0 saturated carbocycles. The highest BCUT2D eigenvalue weighted by atomic mass is 16.5. The second-order valence-corrected chi connectivity index (χ2v) is 8.21. The fourth-order valence-electron chi connectivity index (χ4n) is 3.97. The van der Waals surface area contributed by atoms with Crippen LogP contribution in [0.2, 0.25) is 0 Å². The number of piperazine rings is 1. The van der Waals surface area contributed by atoms with Crippen LogP contribution in [0.3, 0.4) is 0 Å². The quantitative estimate of drug-likeness (QED) is 0.443. The Morgan fingerprint density at radius 1 is 1.03 bits per heavy atom. The molecule has 1 aromatic carbocycles. The SMILES string of the molecule is COCCN1CCN(CC(=O)N(CCOC)c2c(N)n(Cc3ccccc3)c(=O)[nH]c2=O)CC1. The highest BCUT2D eigenvalue weighted by Gasteiger charge is 2.27. The normalized spacial score (nSPS) is 14.9. The van der Waals surface area contributed by atoms with Crippen molar-refractivity contribution in [3.8, 4) is 0 Å². The van der Waals surface area contributed by atoms with Gasteiger partial charge in [0.2, 0.25) is 5.91 Å². The molecule has 186 valence electrons. The zero-order chi connectivity index (χ0) is 24.5. The number of rotatable bonds is 11. The molecule has 1 aliphatic rings. The average molecular weight is 475 g/mol. The van der Waals surface area contributed by atoms with Crippen molar-refractivity contribution in [2.75, 3.05) is 83.9 Å². The van der Waals surface area contributed by atoms with Gasteiger partial charge in [0.25, 0.3) is 5.56 Å². The molecule has 11 heteroatoms. The molecule has 0 bridgehead atoms. The minimum absolute atomic E-state index is 0.0312. The van der Waals surface area contributed by atoms with Gasteiger partial charge in [-0.15, -0.1) is 0 Å². The summed E-state index contributed by atoms with van der Waals surface area (Å²) in [5.41, 5.74) is 5.81. The van der Waals surface area contributed by atoms with E-state index in [9.17, 15) is 14.4 Å². The van der Waals surface area contributed by atoms with Gasteiger partial charge in [-0.1, -0.05) is 30.3 Å². The summed E-state index contributed by atoms with van der Waals surface area (Å²) in [6.45, 7) is 5.31. The number of aromatic nitrogens is 2. The number of ether oxygens (including phenoxy) is 2. The van der Waals surface area contributed by atoms with E-state index >= 15 is 0 Å². The fourth-order valence-corrected chi connectivity index (χ4v) is 3.97. The van der Waals surface area contributed by atoms with Gasteiger partial charge in [0.15, 0.2) is 5.69 Å². The Kier molecular flexibility index (Phi) is 9.40. The van der Waals surface area contributed by atoms with E-state index in [0.717, 1.165) is 38.3 Å². The Bertz CT molecular complexity index is 1050. The monoisotopic (exact) mass is 474 g/mol. The van der Waals surface area contributed by atoms with E-state index in [1.165, 1.54) is 16.6 Å². The van der Waals surface area contributed by atoms with Crippen molar-refractivity contribution >= 4 is 17.4 Å². The summed E-state index contributed by atoms with van der Waals surface area (Å²) >= 11 is 0. The summed E-state index contributed by atoms with van der Waals surface area (Å²) < 4.78 is 11.6. The number of H-pyrrole nitrogens is 1. The van der Waals surface area contributed by atoms with Gasteiger partial charge < -0.3 is 20.1 Å². The van der Waals surface area contributed by atoms with E-state index in [1.54, 1.807) is 7.11 Å². The topological polar surface area (TPSA) is 126 Å². The summed E-state index contributed by atoms with van der Waals surface area (Å²) in [7, 11) is 3.20. The summed E-state index contributed by atoms with van der Waals surface area (Å²) in [6, 6.07) is 9.29. The zero-order valence-electron chi connectivity index (χ0n) is 19.9. The number of nitrogens with zero attached hydrogens (tertiary/aromatic N) is 4. The predicted octanol–water partition coefficient (Wildman–Crippen LogP) is -0.589. The first-order chi connectivity index (χ1) is 16.4. The Morgan fingerprint density at radius 2 is 1.68 bits per heavy atom. The maximum atomic E-state index is 13.3. The van der Waals surface area contributed by atoms with Gasteiger partial charge in [0, 0.05) is 53.5 Å². The molecule has 1 fully saturated rings. The number of nitrogen functional groups attached to an aromatic ring is 1. The van der Waals surface area contributed by atoms with Crippen LogP contribution in [-0.4, -0.2) is 98.5 Å². The Hall–Kier alpha value is -2.99. The molecule has 11 nitrogen and oxygen atoms in total. The van der Waals surface area contributed by atoms with Gasteiger partial charge in [-0.25, -0.2) is 4.79 Å². The average Bonchev–Trinajstić information content (AvgIpc) is 2.83. The largest absolute Gasteiger partial charge is 0.383 e. The lowest BCUT2D eigenvalue weighted by Gasteiger charge is -2.35. The number of methoxy groups -OCH3 is 2. The van der Waals surface area contributed by atoms with Crippen LogP contribution >= 0.6 is 0 Å². The van der Waals surface area contributed by atoms with E-state index in [-0.39, 0.29) is 43.7 Å². The van der Waals surface area contributed by atoms with E-state index in [0.29, 0.717) is 6.61 Å². The third-order valence-corrected chi connectivity index (χ3v) is 5.92. The molecule has 0 aliphatic carbocycles. The second kappa shape index (κ2) is 12.5. The summed E-state index contributed by atoms with van der Waals surface area (Å²) in [5, 5.41) is 0. The fraction of sp³-hybridized carbons (Fsp3) is 0.522. The van der Waals surface area contributed by atoms with Gasteiger partial charge >= 0.3 is 5.69 Å². The molecule has 2 heterocycles. The smallest absolute Gasteiger partial charge is 0.330 e. The van der Waals surface area contributed by atoms with Crippen molar-refractivity contribution in [3.63, 3.8) is 0 Å². The molecule has 3 rings (SSSR count). The van der Waals surface area contributed by atoms with Crippen LogP contribution in [0.25, 0.3) is 0 Å². The number of anilines is 2. The van der Waals surface area contributed by atoms with Crippen molar-refractivity contribution in [2.24, 2.45) is 0 Å². The standard InChI is InChI=1S/C23H34N6O5/c1-33-14-12-26-8-10-27(11-9-26)17-19(30)28(13-15-34-2)20-21(24)29(23(32)25-22(20)31)16-18-6-4-3-5-7-18/h3-7H,8-17,24H2,1-2H3,(H,25,31,32). The van der Waals surface area contributed by atoms with Gasteiger partial charge in [-0.3, -0.25) is 28.9 Å². The third kappa shape index (κ3) is 6.54. The minimum atomic E-state index is -0.694. The van der Waals surface area contributed by atoms with Crippen molar-refractivity contribution in [2.45, 2.75) is 6.54 Å². The molecule has 0 radical (unpaired) electrons. The van der Waals surface area contributed by atoms with Crippen molar-refractivity contribution < 1.29 is 14.3 Å². The number of nitrogens with two attached hydrogens (primary N) is 1. The lowest BCUT2D eigenvalue weighted by atomic mass is 10.2. The number of carbonyl (C=O) groups is 1. The van der Waals surface area contributed by atoms with Crippen LogP contribution in [-0.2, 0) is 20.8 Å². The van der Waals surface area contributed by atoms with Crippen LogP contribution in [0.15, 0.2) is 39.9 Å². The number of hydrogen-bond donors (Lipinski definition) is 2. The van der Waals surface area contributed by atoms with Crippen molar-refractivity contribution in [1.29, 1.82) is 0 Å². The van der Waals surface area contributed by atoms with Gasteiger partial charge in [-0.05, 0) is 5.56 Å². The first-order valence-electron chi connectivity index (χ1n) is 11.3. The van der Waals surface area contributed by atoms with Crippen LogP contribution < -0.4 is 21.9 Å². The molecule has 1 aliphatic heterocycles. The number of benzene rings is 1. The molecule has 2 aromatic rings. The molecular formula is C23H34N6O5. The van der Waals surface area contributed by atoms with Gasteiger partial charge in [0.05, 0.1) is 26.3 Å². The van der Waals surface area contributed by atoms with E-state index in [1.807, 2.05) is 30.3 Å². The molecule has 0 unspecified atom stereocenters. The van der Waals surface area contributed by atoms with E-state index in [2.05, 4.69) is 14.8 Å². The van der Waals surface area contributed by atoms with Crippen molar-refractivity contribution in [3.05, 3.63) is 56.7 Å². The Labute approximate surface area is 198 Å². The van der Waals surface area contributed by atoms with E-state index in [4.69, 9.17) is 15.2 Å².